The normalized spacial score (nSPS) is 12.5. The number of nitrogens with one attached hydrogen (secondary N) is 1. The van der Waals surface area contributed by atoms with Crippen molar-refractivity contribution in [3.63, 3.8) is 0 Å². The van der Waals surface area contributed by atoms with Crippen molar-refractivity contribution in [3.05, 3.63) is 0 Å². The van der Waals surface area contributed by atoms with Gasteiger partial charge in [0, 0.05) is 13.7 Å². The molecular formula is C8H17NO4. The maximum Gasteiger partial charge on any atom is 0.319 e. The van der Waals surface area contributed by atoms with Gasteiger partial charge in [0.2, 0.25) is 0 Å². The number of esters is 1. The number of carbonyl (C=O) groups excluding carboxylic acids is 1. The zero-order valence-electron chi connectivity index (χ0n) is 8.08. The molecule has 0 fully saturated rings. The first kappa shape index (κ1) is 12.3. The Morgan fingerprint density at radius 2 is 2.31 bits per heavy atom. The van der Waals surface area contributed by atoms with Gasteiger partial charge in [-0.05, 0) is 6.92 Å². The van der Waals surface area contributed by atoms with Gasteiger partial charge in [0.15, 0.2) is 0 Å². The standard InChI is InChI=1S/C8H17NO4/c1-3-13-8(11)5-9-4-7(10)6-12-2/h7,9-10H,3-6H2,1-2H3/t7-/m0/s1. The Morgan fingerprint density at radius 1 is 1.62 bits per heavy atom. The molecule has 0 radical (unpaired) electrons. The van der Waals surface area contributed by atoms with E-state index in [1.165, 1.54) is 7.11 Å². The fraction of sp³-hybridized carbons (Fsp3) is 0.875. The van der Waals surface area contributed by atoms with Crippen LogP contribution in [-0.4, -0.2) is 50.6 Å². The third-order valence-electron chi connectivity index (χ3n) is 1.31. The van der Waals surface area contributed by atoms with Gasteiger partial charge in [-0.2, -0.15) is 0 Å². The predicted molar refractivity (Wildman–Crippen MR) is 47.4 cm³/mol. The Bertz CT molecular complexity index is 140. The Morgan fingerprint density at radius 3 is 2.85 bits per heavy atom. The molecule has 0 unspecified atom stereocenters. The summed E-state index contributed by atoms with van der Waals surface area (Å²) < 4.78 is 9.37. The maximum absolute atomic E-state index is 10.8. The van der Waals surface area contributed by atoms with Crippen LogP contribution in [0.25, 0.3) is 0 Å². The van der Waals surface area contributed by atoms with Crippen molar-refractivity contribution in [1.29, 1.82) is 0 Å². The van der Waals surface area contributed by atoms with Crippen LogP contribution in [-0.2, 0) is 14.3 Å². The third kappa shape index (κ3) is 7.70. The molecule has 5 heteroatoms. The van der Waals surface area contributed by atoms with Gasteiger partial charge >= 0.3 is 5.97 Å². The molecule has 0 bridgehead atoms. The fourth-order valence-electron chi connectivity index (χ4n) is 0.804. The summed E-state index contributed by atoms with van der Waals surface area (Å²) in [4.78, 5) is 10.8. The van der Waals surface area contributed by atoms with E-state index >= 15 is 0 Å². The lowest BCUT2D eigenvalue weighted by atomic mass is 10.4. The van der Waals surface area contributed by atoms with Crippen LogP contribution in [0.15, 0.2) is 0 Å². The first-order valence-corrected chi connectivity index (χ1v) is 4.24. The van der Waals surface area contributed by atoms with Gasteiger partial charge in [0.25, 0.3) is 0 Å². The SMILES string of the molecule is CCOC(=O)CNC[C@H](O)COC. The summed E-state index contributed by atoms with van der Waals surface area (Å²) in [5, 5.41) is 11.9. The van der Waals surface area contributed by atoms with E-state index in [0.717, 1.165) is 0 Å². The number of aliphatic hydroxyl groups is 1. The highest BCUT2D eigenvalue weighted by Crippen LogP contribution is 1.81. The number of aliphatic hydroxyl groups excluding tert-OH is 1. The predicted octanol–water partition coefficient (Wildman–Crippen LogP) is -0.854. The van der Waals surface area contributed by atoms with Gasteiger partial charge in [-0.25, -0.2) is 0 Å². The molecule has 0 rings (SSSR count). The molecule has 0 spiro atoms. The summed E-state index contributed by atoms with van der Waals surface area (Å²) in [5.74, 6) is -0.313. The first-order valence-electron chi connectivity index (χ1n) is 4.24. The molecule has 0 aliphatic carbocycles. The Kier molecular flexibility index (Phi) is 7.57. The fourth-order valence-corrected chi connectivity index (χ4v) is 0.804. The minimum Gasteiger partial charge on any atom is -0.465 e. The van der Waals surface area contributed by atoms with Crippen LogP contribution in [0.3, 0.4) is 0 Å². The molecule has 13 heavy (non-hydrogen) atoms. The summed E-state index contributed by atoms with van der Waals surface area (Å²) >= 11 is 0. The third-order valence-corrected chi connectivity index (χ3v) is 1.31. The average molecular weight is 191 g/mol. The van der Waals surface area contributed by atoms with Crippen molar-refractivity contribution >= 4 is 5.97 Å². The van der Waals surface area contributed by atoms with E-state index in [2.05, 4.69) is 10.1 Å². The molecule has 0 aliphatic heterocycles. The summed E-state index contributed by atoms with van der Waals surface area (Å²) in [6.07, 6.45) is -0.584. The van der Waals surface area contributed by atoms with E-state index in [9.17, 15) is 4.79 Å². The molecule has 5 nitrogen and oxygen atoms in total. The van der Waals surface area contributed by atoms with Gasteiger partial charge in [-0.15, -0.1) is 0 Å². The lowest BCUT2D eigenvalue weighted by Crippen LogP contribution is -2.34. The monoisotopic (exact) mass is 191 g/mol. The van der Waals surface area contributed by atoms with Crippen molar-refractivity contribution in [1.82, 2.24) is 5.32 Å². The molecule has 0 aromatic carbocycles. The molecule has 0 aromatic rings. The molecule has 0 heterocycles. The Hall–Kier alpha value is -0.650. The summed E-state index contributed by atoms with van der Waals surface area (Å²) in [6, 6.07) is 0. The number of carbonyl (C=O) groups is 1. The number of hydrogen-bond acceptors (Lipinski definition) is 5. The van der Waals surface area contributed by atoms with Crippen molar-refractivity contribution in [2.24, 2.45) is 0 Å². The van der Waals surface area contributed by atoms with Crippen molar-refractivity contribution in [3.8, 4) is 0 Å². The van der Waals surface area contributed by atoms with E-state index in [0.29, 0.717) is 13.2 Å². The van der Waals surface area contributed by atoms with Crippen molar-refractivity contribution in [2.75, 3.05) is 33.4 Å². The molecule has 0 aromatic heterocycles. The minimum atomic E-state index is -0.584. The molecule has 0 amide bonds. The topological polar surface area (TPSA) is 67.8 Å². The van der Waals surface area contributed by atoms with Gasteiger partial charge < -0.3 is 19.9 Å². The summed E-state index contributed by atoms with van der Waals surface area (Å²) in [6.45, 7) is 2.83. The second-order valence-electron chi connectivity index (χ2n) is 2.55. The highest BCUT2D eigenvalue weighted by Gasteiger charge is 2.04. The van der Waals surface area contributed by atoms with Gasteiger partial charge in [-0.1, -0.05) is 0 Å². The molecule has 1 atom stereocenters. The van der Waals surface area contributed by atoms with Crippen LogP contribution in [0.5, 0.6) is 0 Å². The molecule has 0 aliphatic rings. The Labute approximate surface area is 78.0 Å². The van der Waals surface area contributed by atoms with Crippen LogP contribution < -0.4 is 5.32 Å². The second-order valence-corrected chi connectivity index (χ2v) is 2.55. The zero-order valence-corrected chi connectivity index (χ0v) is 8.08. The molecular weight excluding hydrogens is 174 g/mol. The van der Waals surface area contributed by atoms with Gasteiger partial charge in [0.1, 0.15) is 0 Å². The highest BCUT2D eigenvalue weighted by molar-refractivity contribution is 5.71. The minimum absolute atomic E-state index is 0.120. The number of rotatable bonds is 7. The van der Waals surface area contributed by atoms with Crippen LogP contribution in [0.1, 0.15) is 6.92 Å². The zero-order chi connectivity index (χ0) is 10.1. The van der Waals surface area contributed by atoms with E-state index in [1.807, 2.05) is 0 Å². The lowest BCUT2D eigenvalue weighted by molar-refractivity contribution is -0.142. The highest BCUT2D eigenvalue weighted by atomic mass is 16.5. The van der Waals surface area contributed by atoms with E-state index < -0.39 is 6.10 Å². The van der Waals surface area contributed by atoms with Crippen LogP contribution in [0.2, 0.25) is 0 Å². The van der Waals surface area contributed by atoms with Crippen LogP contribution in [0.4, 0.5) is 0 Å². The average Bonchev–Trinajstić information content (AvgIpc) is 2.05. The van der Waals surface area contributed by atoms with Crippen molar-refractivity contribution < 1.29 is 19.4 Å². The van der Waals surface area contributed by atoms with Crippen LogP contribution in [0, 0.1) is 0 Å². The second kappa shape index (κ2) is 7.97. The number of hydrogen-bond donors (Lipinski definition) is 2. The van der Waals surface area contributed by atoms with Crippen molar-refractivity contribution in [2.45, 2.75) is 13.0 Å². The summed E-state index contributed by atoms with van der Waals surface area (Å²) in [7, 11) is 1.51. The van der Waals surface area contributed by atoms with Gasteiger partial charge in [0.05, 0.1) is 25.9 Å². The van der Waals surface area contributed by atoms with E-state index in [4.69, 9.17) is 9.84 Å². The largest absolute Gasteiger partial charge is 0.465 e. The molecule has 0 saturated heterocycles. The smallest absolute Gasteiger partial charge is 0.319 e. The quantitative estimate of drug-likeness (QED) is 0.513. The van der Waals surface area contributed by atoms with Gasteiger partial charge in [-0.3, -0.25) is 4.79 Å². The number of ether oxygens (including phenoxy) is 2. The molecule has 2 N–H and O–H groups in total. The lowest BCUT2D eigenvalue weighted by Gasteiger charge is -2.09. The summed E-state index contributed by atoms with van der Waals surface area (Å²) in [5.41, 5.74) is 0. The Balaban J connectivity index is 3.28. The van der Waals surface area contributed by atoms with E-state index in [-0.39, 0.29) is 19.1 Å². The van der Waals surface area contributed by atoms with E-state index in [1.54, 1.807) is 6.92 Å². The maximum atomic E-state index is 10.8. The van der Waals surface area contributed by atoms with Crippen LogP contribution >= 0.6 is 0 Å². The number of methoxy groups -OCH3 is 1. The molecule has 0 saturated carbocycles. The first-order chi connectivity index (χ1) is 6.20. The molecule has 78 valence electrons.